The Labute approximate surface area is 174 Å². The lowest BCUT2D eigenvalue weighted by molar-refractivity contribution is -0.729. The van der Waals surface area contributed by atoms with Gasteiger partial charge < -0.3 is 10.2 Å². The summed E-state index contributed by atoms with van der Waals surface area (Å²) < 4.78 is 5.75. The molecule has 1 heterocycles. The topological polar surface area (TPSA) is 96.5 Å². The van der Waals surface area contributed by atoms with Crippen molar-refractivity contribution >= 4 is 51.3 Å². The second kappa shape index (κ2) is 7.24. The molecule has 0 fully saturated rings. The maximum Gasteiger partial charge on any atom is 0.317 e. The van der Waals surface area contributed by atoms with Crippen LogP contribution in [0, 0.1) is 4.91 Å². The van der Waals surface area contributed by atoms with Gasteiger partial charge in [-0.2, -0.15) is 0 Å². The van der Waals surface area contributed by atoms with E-state index in [2.05, 4.69) is 0 Å². The van der Waals surface area contributed by atoms with Crippen molar-refractivity contribution in [1.82, 2.24) is 0 Å². The second-order valence-electron chi connectivity index (χ2n) is 6.33. The van der Waals surface area contributed by atoms with Crippen LogP contribution in [0.2, 0.25) is 10.0 Å². The zero-order chi connectivity index (χ0) is 20.7. The molecule has 0 aliphatic carbocycles. The van der Waals surface area contributed by atoms with Crippen LogP contribution in [0.1, 0.15) is 16.1 Å². The van der Waals surface area contributed by atoms with E-state index in [9.17, 15) is 9.70 Å². The van der Waals surface area contributed by atoms with Gasteiger partial charge in [0.15, 0.2) is 5.76 Å². The van der Waals surface area contributed by atoms with E-state index < -0.39 is 5.78 Å². The number of hydrogen-bond donors (Lipinski definition) is 2. The largest absolute Gasteiger partial charge is 0.450 e. The number of rotatable bonds is 4. The van der Waals surface area contributed by atoms with E-state index in [4.69, 9.17) is 38.6 Å². The van der Waals surface area contributed by atoms with Gasteiger partial charge in [0.25, 0.3) is 4.92 Å². The van der Waals surface area contributed by atoms with E-state index in [0.717, 1.165) is 5.56 Å². The smallest absolute Gasteiger partial charge is 0.317 e. The third-order valence-electron chi connectivity index (χ3n) is 4.51. The first-order valence-electron chi connectivity index (χ1n) is 8.43. The number of halogens is 2. The average Bonchev–Trinajstić information content (AvgIpc) is 3.03. The molecule has 6 nitrogen and oxygen atoms in total. The molecule has 0 spiro atoms. The van der Waals surface area contributed by atoms with Crippen LogP contribution in [0.15, 0.2) is 65.1 Å². The van der Waals surface area contributed by atoms with Crippen LogP contribution in [0.25, 0.3) is 22.1 Å². The molecule has 0 radical (unpaired) electrons. The second-order valence-corrected chi connectivity index (χ2v) is 7.18. The number of nitrogens with zero attached hydrogens (tertiary/aromatic N) is 1. The van der Waals surface area contributed by atoms with Crippen molar-refractivity contribution in [2.75, 3.05) is 5.73 Å². The Balaban J connectivity index is 1.79. The maximum atomic E-state index is 12.9. The molecule has 0 saturated carbocycles. The minimum atomic E-state index is -0.453. The molecular weight excluding hydrogens is 415 g/mol. The van der Waals surface area contributed by atoms with E-state index in [0.29, 0.717) is 21.6 Å². The Kier molecular flexibility index (Phi) is 4.74. The molecule has 1 aromatic heterocycles. The van der Waals surface area contributed by atoms with Crippen LogP contribution in [0.5, 0.6) is 0 Å². The van der Waals surface area contributed by atoms with Gasteiger partial charge in [-0.25, -0.2) is 5.21 Å². The summed E-state index contributed by atoms with van der Waals surface area (Å²) >= 11 is 12.0. The molecule has 144 valence electrons. The number of benzene rings is 3. The van der Waals surface area contributed by atoms with E-state index in [1.54, 1.807) is 36.4 Å². The third kappa shape index (κ3) is 3.44. The normalized spacial score (nSPS) is 11.0. The van der Waals surface area contributed by atoms with Crippen molar-refractivity contribution in [3.8, 4) is 11.1 Å². The third-order valence-corrected chi connectivity index (χ3v) is 5.06. The van der Waals surface area contributed by atoms with Gasteiger partial charge in [-0.15, -0.1) is 0 Å². The lowest BCUT2D eigenvalue weighted by Gasteiger charge is -2.02. The lowest BCUT2D eigenvalue weighted by atomic mass is 10.0. The first-order valence-corrected chi connectivity index (χ1v) is 9.19. The number of furan rings is 1. The van der Waals surface area contributed by atoms with Crippen molar-refractivity contribution in [2.24, 2.45) is 0 Å². The SMILES string of the molecule is Nc1c(C(=O)c2ccc(Cl)cc2Cl)oc2cc(-c3cccc([N+](=O)O)c3)ccc12. The molecule has 3 N–H and O–H groups in total. The highest BCUT2D eigenvalue weighted by molar-refractivity contribution is 6.37. The van der Waals surface area contributed by atoms with Crippen molar-refractivity contribution < 1.29 is 19.3 Å². The number of nitrogen functional groups attached to an aromatic ring is 1. The Morgan fingerprint density at radius 3 is 2.48 bits per heavy atom. The van der Waals surface area contributed by atoms with Crippen LogP contribution < -0.4 is 5.73 Å². The quantitative estimate of drug-likeness (QED) is 0.306. The number of ketones is 1. The van der Waals surface area contributed by atoms with E-state index in [1.165, 1.54) is 24.3 Å². The fourth-order valence-corrected chi connectivity index (χ4v) is 3.56. The Hall–Kier alpha value is -3.35. The van der Waals surface area contributed by atoms with Crippen molar-refractivity contribution in [1.29, 1.82) is 0 Å². The molecule has 0 bridgehead atoms. The Bertz CT molecular complexity index is 1300. The number of hydrogen-bond acceptors (Lipinski definition) is 4. The first kappa shape index (κ1) is 19.0. The summed E-state index contributed by atoms with van der Waals surface area (Å²) in [4.78, 5) is 23.8. The number of anilines is 1. The zero-order valence-corrected chi connectivity index (χ0v) is 16.2. The summed E-state index contributed by atoms with van der Waals surface area (Å²) in [6, 6.07) is 16.2. The highest BCUT2D eigenvalue weighted by Gasteiger charge is 2.22. The zero-order valence-electron chi connectivity index (χ0n) is 14.7. The molecule has 8 heteroatoms. The highest BCUT2D eigenvalue weighted by Crippen LogP contribution is 2.35. The first-order chi connectivity index (χ1) is 13.8. The predicted octanol–water partition coefficient (Wildman–Crippen LogP) is 6.02. The lowest BCUT2D eigenvalue weighted by Crippen LogP contribution is -2.03. The summed E-state index contributed by atoms with van der Waals surface area (Å²) in [6.07, 6.45) is 0. The minimum Gasteiger partial charge on any atom is -0.450 e. The van der Waals surface area contributed by atoms with Crippen LogP contribution >= 0.6 is 23.2 Å². The Morgan fingerprint density at radius 1 is 1.00 bits per heavy atom. The molecule has 4 rings (SSSR count). The molecule has 0 aliphatic heterocycles. The van der Waals surface area contributed by atoms with E-state index in [-0.39, 0.29) is 32.6 Å². The molecule has 0 unspecified atom stereocenters. The maximum absolute atomic E-state index is 12.9. The number of carbonyl (C=O) groups excluding carboxylic acids is 1. The summed E-state index contributed by atoms with van der Waals surface area (Å²) in [7, 11) is 0. The van der Waals surface area contributed by atoms with Crippen LogP contribution in [-0.4, -0.2) is 15.9 Å². The van der Waals surface area contributed by atoms with Gasteiger partial charge in [0.05, 0.1) is 15.6 Å². The van der Waals surface area contributed by atoms with Crippen LogP contribution in [0.3, 0.4) is 0 Å². The van der Waals surface area contributed by atoms with Crippen LogP contribution in [0.4, 0.5) is 11.4 Å². The highest BCUT2D eigenvalue weighted by atomic mass is 35.5. The number of carbonyl (C=O) groups is 1. The molecule has 4 aromatic rings. The monoisotopic (exact) mass is 427 g/mol. The van der Waals surface area contributed by atoms with Gasteiger partial charge in [-0.05, 0) is 41.5 Å². The van der Waals surface area contributed by atoms with Gasteiger partial charge in [-0.3, -0.25) is 4.79 Å². The summed E-state index contributed by atoms with van der Waals surface area (Å²) in [5, 5.41) is 10.3. The van der Waals surface area contributed by atoms with Crippen LogP contribution in [-0.2, 0) is 0 Å². The fraction of sp³-hybridized carbons (Fsp3) is 0. The summed E-state index contributed by atoms with van der Waals surface area (Å²) in [6.45, 7) is 0. The molecule has 3 aromatic carbocycles. The molecule has 0 atom stereocenters. The van der Waals surface area contributed by atoms with Gasteiger partial charge in [0, 0.05) is 28.1 Å². The van der Waals surface area contributed by atoms with Gasteiger partial charge in [-0.1, -0.05) is 41.4 Å². The van der Waals surface area contributed by atoms with Crippen molar-refractivity contribution in [2.45, 2.75) is 0 Å². The molecule has 0 amide bonds. The fourth-order valence-electron chi connectivity index (χ4n) is 3.07. The van der Waals surface area contributed by atoms with Crippen molar-refractivity contribution in [3.63, 3.8) is 0 Å². The number of nitrogens with two attached hydrogens (primary N) is 1. The van der Waals surface area contributed by atoms with E-state index >= 15 is 0 Å². The van der Waals surface area contributed by atoms with E-state index in [1.807, 2.05) is 0 Å². The molecular formula is C21H13Cl2N2O4+. The molecule has 0 aliphatic rings. The van der Waals surface area contributed by atoms with Gasteiger partial charge >= 0.3 is 5.69 Å². The summed E-state index contributed by atoms with van der Waals surface area (Å²) in [5.74, 6) is -0.470. The average molecular weight is 428 g/mol. The molecule has 0 saturated heterocycles. The minimum absolute atomic E-state index is 0.0174. The summed E-state index contributed by atoms with van der Waals surface area (Å²) in [5.41, 5.74) is 8.48. The standard InChI is InChI=1S/C21H12Cl2N2O4/c22-13-5-7-15(17(23)10-13)20(26)21-19(24)16-6-4-12(9-18(16)29-21)11-2-1-3-14(8-11)25(27)28/h1-10H,(H2-,24,26,27,28)/p+1. The molecule has 29 heavy (non-hydrogen) atoms. The predicted molar refractivity (Wildman–Crippen MR) is 111 cm³/mol. The Morgan fingerprint density at radius 2 is 1.76 bits per heavy atom. The van der Waals surface area contributed by atoms with Crippen molar-refractivity contribution in [3.05, 3.63) is 86.9 Å². The number of fused-ring (bicyclic) bond motifs is 1. The van der Waals surface area contributed by atoms with Gasteiger partial charge in [0.2, 0.25) is 5.78 Å². The van der Waals surface area contributed by atoms with Gasteiger partial charge in [0.1, 0.15) is 5.58 Å².